The van der Waals surface area contributed by atoms with Gasteiger partial charge in [0.15, 0.2) is 10.8 Å². The van der Waals surface area contributed by atoms with Crippen LogP contribution >= 0.6 is 0 Å². The number of aromatic nitrogens is 1. The maximum Gasteiger partial charge on any atom is 0.260 e. The van der Waals surface area contributed by atoms with Crippen molar-refractivity contribution < 1.29 is 27.5 Å². The quantitative estimate of drug-likeness (QED) is 0.557. The molecule has 33 heavy (non-hydrogen) atoms. The van der Waals surface area contributed by atoms with Crippen LogP contribution in [-0.4, -0.2) is 73.2 Å². The normalized spacial score (nSPS) is 23.2. The van der Waals surface area contributed by atoms with E-state index in [1.807, 2.05) is 13.8 Å². The predicted molar refractivity (Wildman–Crippen MR) is 120 cm³/mol. The van der Waals surface area contributed by atoms with Crippen molar-refractivity contribution >= 4 is 27.6 Å². The number of amides is 2. The van der Waals surface area contributed by atoms with E-state index in [4.69, 9.17) is 4.74 Å². The summed E-state index contributed by atoms with van der Waals surface area (Å²) in [7, 11) is -3.91. The summed E-state index contributed by atoms with van der Waals surface area (Å²) < 4.78 is 32.2. The number of nitrogens with zero attached hydrogens (tertiary/aromatic N) is 2. The molecule has 10 nitrogen and oxygen atoms in total. The van der Waals surface area contributed by atoms with Crippen LogP contribution in [0.15, 0.2) is 29.4 Å². The van der Waals surface area contributed by atoms with E-state index in [0.29, 0.717) is 32.3 Å². The third-order valence-corrected chi connectivity index (χ3v) is 7.50. The number of sulfonamides is 1. The highest BCUT2D eigenvalue weighted by Gasteiger charge is 2.35. The molecule has 0 radical (unpaired) electrons. The molecule has 2 fully saturated rings. The molecule has 1 aromatic heterocycles. The van der Waals surface area contributed by atoms with Crippen molar-refractivity contribution in [2.24, 2.45) is 5.92 Å². The van der Waals surface area contributed by atoms with Crippen LogP contribution in [0.2, 0.25) is 0 Å². The van der Waals surface area contributed by atoms with Crippen molar-refractivity contribution in [3.05, 3.63) is 24.4 Å². The van der Waals surface area contributed by atoms with Gasteiger partial charge in [-0.25, -0.2) is 13.4 Å². The van der Waals surface area contributed by atoms with Gasteiger partial charge in [0.05, 0.1) is 12.6 Å². The minimum Gasteiger partial charge on any atom is -0.368 e. The standard InChI is InChI=1S/C22H32N4O6S/c1-15(2)13-17(25-22(29)19-8-6-12-32-19)21(28)24-16-7-5-11-26(14-18(16)27)33(30,31)20-9-3-4-10-23-20/h3-4,9-10,15-17,19H,5-8,11-14H2,1-2H3,(H,24,28)(H,25,29)/t16-,17?,19?/m0/s1. The third-order valence-electron chi connectivity index (χ3n) is 5.74. The molecule has 182 valence electrons. The second kappa shape index (κ2) is 11.2. The van der Waals surface area contributed by atoms with Crippen molar-refractivity contribution in [3.8, 4) is 0 Å². The molecule has 2 amide bonds. The topological polar surface area (TPSA) is 135 Å². The molecule has 0 aliphatic carbocycles. The number of pyridine rings is 1. The second-order valence-corrected chi connectivity index (χ2v) is 10.8. The molecule has 2 aliphatic heterocycles. The summed E-state index contributed by atoms with van der Waals surface area (Å²) in [6, 6.07) is 2.95. The number of carbonyl (C=O) groups is 3. The number of carbonyl (C=O) groups excluding carboxylic acids is 3. The number of hydrogen-bond donors (Lipinski definition) is 2. The van der Waals surface area contributed by atoms with Crippen LogP contribution in [0.3, 0.4) is 0 Å². The maximum absolute atomic E-state index is 13.0. The van der Waals surface area contributed by atoms with E-state index < -0.39 is 39.9 Å². The summed E-state index contributed by atoms with van der Waals surface area (Å²) >= 11 is 0. The molecule has 2 saturated heterocycles. The molecule has 2 unspecified atom stereocenters. The van der Waals surface area contributed by atoms with E-state index in [9.17, 15) is 22.8 Å². The zero-order valence-electron chi connectivity index (χ0n) is 19.0. The number of ether oxygens (including phenoxy) is 1. The first-order valence-corrected chi connectivity index (χ1v) is 12.8. The van der Waals surface area contributed by atoms with Gasteiger partial charge in [-0.2, -0.15) is 4.31 Å². The summed E-state index contributed by atoms with van der Waals surface area (Å²) in [6.07, 6.45) is 3.36. The summed E-state index contributed by atoms with van der Waals surface area (Å²) in [6.45, 7) is 4.21. The highest BCUT2D eigenvalue weighted by molar-refractivity contribution is 7.89. The Bertz CT molecular complexity index is 947. The number of hydrogen-bond acceptors (Lipinski definition) is 7. The van der Waals surface area contributed by atoms with Gasteiger partial charge in [-0.3, -0.25) is 14.4 Å². The van der Waals surface area contributed by atoms with Crippen LogP contribution in [0.25, 0.3) is 0 Å². The Kier molecular flexibility index (Phi) is 8.55. The molecule has 3 atom stereocenters. The minimum absolute atomic E-state index is 0.117. The van der Waals surface area contributed by atoms with Crippen LogP contribution in [-0.2, 0) is 29.1 Å². The molecule has 3 rings (SSSR count). The summed E-state index contributed by atoms with van der Waals surface area (Å²) in [5.74, 6) is -1.04. The van der Waals surface area contributed by atoms with Gasteiger partial charge in [0.1, 0.15) is 12.1 Å². The molecular weight excluding hydrogens is 448 g/mol. The zero-order valence-corrected chi connectivity index (χ0v) is 19.8. The summed E-state index contributed by atoms with van der Waals surface area (Å²) in [4.78, 5) is 42.2. The van der Waals surface area contributed by atoms with Gasteiger partial charge in [-0.05, 0) is 50.2 Å². The first-order chi connectivity index (χ1) is 15.7. The van der Waals surface area contributed by atoms with Crippen LogP contribution < -0.4 is 10.6 Å². The average Bonchev–Trinajstić information content (AvgIpc) is 3.26. The largest absolute Gasteiger partial charge is 0.368 e. The Morgan fingerprint density at radius 3 is 2.67 bits per heavy atom. The molecule has 0 spiro atoms. The minimum atomic E-state index is -3.91. The number of nitrogens with one attached hydrogen (secondary N) is 2. The zero-order chi connectivity index (χ0) is 24.0. The number of ketones is 1. The predicted octanol–water partition coefficient (Wildman–Crippen LogP) is 0.630. The maximum atomic E-state index is 13.0. The Morgan fingerprint density at radius 2 is 2.03 bits per heavy atom. The van der Waals surface area contributed by atoms with Gasteiger partial charge < -0.3 is 15.4 Å². The molecule has 1 aromatic rings. The first kappa shape index (κ1) is 25.3. The van der Waals surface area contributed by atoms with Gasteiger partial charge in [-0.15, -0.1) is 0 Å². The van der Waals surface area contributed by atoms with Crippen molar-refractivity contribution in [2.45, 2.75) is 69.2 Å². The fourth-order valence-corrected chi connectivity index (χ4v) is 5.39. The highest BCUT2D eigenvalue weighted by atomic mass is 32.2. The lowest BCUT2D eigenvalue weighted by Gasteiger charge is -2.24. The lowest BCUT2D eigenvalue weighted by atomic mass is 10.0. The van der Waals surface area contributed by atoms with E-state index in [-0.39, 0.29) is 29.9 Å². The van der Waals surface area contributed by atoms with Crippen molar-refractivity contribution in [1.29, 1.82) is 0 Å². The fraction of sp³-hybridized carbons (Fsp3) is 0.636. The van der Waals surface area contributed by atoms with E-state index in [1.54, 1.807) is 12.1 Å². The number of rotatable bonds is 8. The van der Waals surface area contributed by atoms with E-state index in [2.05, 4.69) is 15.6 Å². The van der Waals surface area contributed by atoms with Crippen LogP contribution in [0, 0.1) is 5.92 Å². The first-order valence-electron chi connectivity index (χ1n) is 11.3. The highest BCUT2D eigenvalue weighted by Crippen LogP contribution is 2.18. The van der Waals surface area contributed by atoms with Crippen molar-refractivity contribution in [3.63, 3.8) is 0 Å². The Labute approximate surface area is 194 Å². The van der Waals surface area contributed by atoms with Gasteiger partial charge >= 0.3 is 0 Å². The number of Topliss-reactive ketones (excluding diaryl/α,β-unsaturated/α-hetero) is 1. The van der Waals surface area contributed by atoms with E-state index >= 15 is 0 Å². The van der Waals surface area contributed by atoms with Gasteiger partial charge in [-0.1, -0.05) is 19.9 Å². The molecule has 0 saturated carbocycles. The molecule has 2 aliphatic rings. The molecule has 0 bridgehead atoms. The Balaban J connectivity index is 1.65. The van der Waals surface area contributed by atoms with E-state index in [1.165, 1.54) is 12.3 Å². The molecule has 11 heteroatoms. The van der Waals surface area contributed by atoms with Crippen molar-refractivity contribution in [2.75, 3.05) is 19.7 Å². The lowest BCUT2D eigenvalue weighted by molar-refractivity contribution is -0.135. The smallest absolute Gasteiger partial charge is 0.260 e. The third kappa shape index (κ3) is 6.58. The lowest BCUT2D eigenvalue weighted by Crippen LogP contribution is -2.54. The summed E-state index contributed by atoms with van der Waals surface area (Å²) in [5, 5.41) is 5.39. The van der Waals surface area contributed by atoms with Gasteiger partial charge in [0.2, 0.25) is 11.8 Å². The van der Waals surface area contributed by atoms with Gasteiger partial charge in [0.25, 0.3) is 10.0 Å². The summed E-state index contributed by atoms with van der Waals surface area (Å²) in [5.41, 5.74) is 0. The molecular formula is C22H32N4O6S. The van der Waals surface area contributed by atoms with Crippen LogP contribution in [0.1, 0.15) is 46.0 Å². The molecule has 2 N–H and O–H groups in total. The van der Waals surface area contributed by atoms with Gasteiger partial charge in [0, 0.05) is 19.3 Å². The Hall–Kier alpha value is -2.37. The molecule has 3 heterocycles. The Morgan fingerprint density at radius 1 is 1.24 bits per heavy atom. The van der Waals surface area contributed by atoms with Crippen LogP contribution in [0.4, 0.5) is 0 Å². The fourth-order valence-electron chi connectivity index (χ4n) is 4.01. The van der Waals surface area contributed by atoms with E-state index in [0.717, 1.165) is 10.7 Å². The SMILES string of the molecule is CC(C)CC(NC(=O)C1CCCO1)C(=O)N[C@H]1CCCN(S(=O)(=O)c2ccccn2)CC1=O. The second-order valence-electron chi connectivity index (χ2n) is 8.87. The molecule has 0 aromatic carbocycles. The van der Waals surface area contributed by atoms with Crippen LogP contribution in [0.5, 0.6) is 0 Å². The monoisotopic (exact) mass is 480 g/mol. The van der Waals surface area contributed by atoms with Crippen molar-refractivity contribution in [1.82, 2.24) is 19.9 Å². The average molecular weight is 481 g/mol.